The third-order valence-corrected chi connectivity index (χ3v) is 1.91. The van der Waals surface area contributed by atoms with Crippen molar-refractivity contribution in [2.45, 2.75) is 0 Å². The fraction of sp³-hybridized carbons (Fsp3) is 1.00. The zero-order chi connectivity index (χ0) is 8.49. The number of hydrogen-bond donors (Lipinski definition) is 4. The Morgan fingerprint density at radius 2 is 0.538 bits per heavy atom. The van der Waals surface area contributed by atoms with Gasteiger partial charge in [-0.15, -0.1) is 0 Å². The van der Waals surface area contributed by atoms with Crippen molar-refractivity contribution in [3.63, 3.8) is 0 Å². The van der Waals surface area contributed by atoms with Gasteiger partial charge in [0.15, 0.2) is 0 Å². The van der Waals surface area contributed by atoms with Gasteiger partial charge in [-0.05, 0) is 0 Å². The Morgan fingerprint density at radius 1 is 0.385 bits per heavy atom. The van der Waals surface area contributed by atoms with E-state index in [0.717, 1.165) is 52.4 Å². The van der Waals surface area contributed by atoms with Crippen molar-refractivity contribution in [3.05, 3.63) is 0 Å². The summed E-state index contributed by atoms with van der Waals surface area (Å²) in [5.41, 5.74) is 0. The van der Waals surface area contributed by atoms with E-state index in [9.17, 15) is 0 Å². The van der Waals surface area contributed by atoms with Gasteiger partial charge in [-0.2, -0.15) is 0 Å². The van der Waals surface area contributed by atoms with E-state index in [1.54, 1.807) is 0 Å². The molecule has 0 atom stereocenters. The summed E-state index contributed by atoms with van der Waals surface area (Å²) in [5.74, 6) is 0. The first-order valence-electron chi connectivity index (χ1n) is 4.83. The van der Waals surface area contributed by atoms with Crippen molar-refractivity contribution >= 4 is 0 Å². The van der Waals surface area contributed by atoms with E-state index in [0.29, 0.717) is 0 Å². The second-order valence-electron chi connectivity index (χ2n) is 3.00. The molecule has 1 aliphatic rings. The summed E-state index contributed by atoms with van der Waals surface area (Å²) in [4.78, 5) is 0. The van der Waals surface area contributed by atoms with E-state index in [-0.39, 0.29) is 17.1 Å². The first-order chi connectivity index (χ1) is 6.00. The van der Waals surface area contributed by atoms with Crippen LogP contribution in [-0.4, -0.2) is 52.4 Å². The average Bonchev–Trinajstić information content (AvgIpc) is 2.05. The van der Waals surface area contributed by atoms with E-state index >= 15 is 0 Å². The van der Waals surface area contributed by atoms with Crippen LogP contribution >= 0.6 is 0 Å². The van der Waals surface area contributed by atoms with Crippen LogP contribution in [0.15, 0.2) is 0 Å². The van der Waals surface area contributed by atoms with Gasteiger partial charge in [0.2, 0.25) is 0 Å². The SMILES string of the molecule is C1CNCCNCCNCCN1.[Cu+2]. The molecule has 1 aliphatic heterocycles. The number of hydrogen-bond acceptors (Lipinski definition) is 4. The summed E-state index contributed by atoms with van der Waals surface area (Å²) < 4.78 is 0. The minimum absolute atomic E-state index is 0. The molecule has 81 valence electrons. The molecule has 4 N–H and O–H groups in total. The van der Waals surface area contributed by atoms with Crippen LogP contribution in [0.2, 0.25) is 0 Å². The molecule has 5 heteroatoms. The second kappa shape index (κ2) is 10.4. The van der Waals surface area contributed by atoms with Gasteiger partial charge >= 0.3 is 17.1 Å². The Bertz CT molecular complexity index is 59.1. The first kappa shape index (κ1) is 13.4. The maximum absolute atomic E-state index is 3.36. The molecular weight excluding hydrogens is 216 g/mol. The second-order valence-corrected chi connectivity index (χ2v) is 3.00. The molecule has 0 amide bonds. The van der Waals surface area contributed by atoms with Gasteiger partial charge in [0.25, 0.3) is 0 Å². The van der Waals surface area contributed by atoms with Crippen molar-refractivity contribution in [3.8, 4) is 0 Å². The van der Waals surface area contributed by atoms with E-state index < -0.39 is 0 Å². The van der Waals surface area contributed by atoms with Crippen molar-refractivity contribution in [1.29, 1.82) is 0 Å². The molecule has 0 spiro atoms. The van der Waals surface area contributed by atoms with E-state index in [2.05, 4.69) is 21.3 Å². The minimum atomic E-state index is 0. The largest absolute Gasteiger partial charge is 2.00 e. The third-order valence-electron chi connectivity index (χ3n) is 1.91. The van der Waals surface area contributed by atoms with Gasteiger partial charge in [-0.1, -0.05) is 0 Å². The van der Waals surface area contributed by atoms with E-state index in [1.807, 2.05) is 0 Å². The standard InChI is InChI=1S/C8H20N4.Cu/c1-2-10-5-6-12-8-7-11-4-3-9-1;/h9-12H,1-8H2;/q;+2. The van der Waals surface area contributed by atoms with Crippen LogP contribution in [0.3, 0.4) is 0 Å². The summed E-state index contributed by atoms with van der Waals surface area (Å²) in [5, 5.41) is 13.4. The molecule has 1 fully saturated rings. The molecule has 0 aliphatic carbocycles. The molecule has 0 unspecified atom stereocenters. The van der Waals surface area contributed by atoms with Gasteiger partial charge in [0.05, 0.1) is 0 Å². The summed E-state index contributed by atoms with van der Waals surface area (Å²) in [7, 11) is 0. The van der Waals surface area contributed by atoms with Crippen LogP contribution in [0.4, 0.5) is 0 Å². The van der Waals surface area contributed by atoms with E-state index in [4.69, 9.17) is 0 Å². The van der Waals surface area contributed by atoms with Crippen molar-refractivity contribution in [1.82, 2.24) is 21.3 Å². The fourth-order valence-electron chi connectivity index (χ4n) is 1.21. The number of nitrogens with one attached hydrogen (secondary N) is 4. The predicted molar refractivity (Wildman–Crippen MR) is 51.5 cm³/mol. The summed E-state index contributed by atoms with van der Waals surface area (Å²) in [6, 6.07) is 0. The van der Waals surface area contributed by atoms with Gasteiger partial charge in [-0.25, -0.2) is 0 Å². The van der Waals surface area contributed by atoms with Gasteiger partial charge < -0.3 is 21.3 Å². The van der Waals surface area contributed by atoms with Crippen LogP contribution in [0, 0.1) is 0 Å². The van der Waals surface area contributed by atoms with Crippen LogP contribution in [0.1, 0.15) is 0 Å². The quantitative estimate of drug-likeness (QED) is 0.381. The molecule has 1 heterocycles. The maximum atomic E-state index is 3.36. The molecule has 13 heavy (non-hydrogen) atoms. The molecule has 1 rings (SSSR count). The molecule has 0 aromatic carbocycles. The molecule has 4 nitrogen and oxygen atoms in total. The Labute approximate surface area is 91.1 Å². The molecule has 1 saturated heterocycles. The molecule has 0 aromatic rings. The maximum Gasteiger partial charge on any atom is 2.00 e. The zero-order valence-electron chi connectivity index (χ0n) is 7.96. The van der Waals surface area contributed by atoms with E-state index in [1.165, 1.54) is 0 Å². The predicted octanol–water partition coefficient (Wildman–Crippen LogP) is -1.64. The van der Waals surface area contributed by atoms with Gasteiger partial charge in [0, 0.05) is 52.4 Å². The van der Waals surface area contributed by atoms with Crippen LogP contribution in [-0.2, 0) is 17.1 Å². The monoisotopic (exact) mass is 235 g/mol. The van der Waals surface area contributed by atoms with Gasteiger partial charge in [0.1, 0.15) is 0 Å². The van der Waals surface area contributed by atoms with Crippen molar-refractivity contribution < 1.29 is 17.1 Å². The van der Waals surface area contributed by atoms with Crippen LogP contribution in [0.5, 0.6) is 0 Å². The summed E-state index contributed by atoms with van der Waals surface area (Å²) >= 11 is 0. The Balaban J connectivity index is 0.00000144. The molecule has 0 aromatic heterocycles. The minimum Gasteiger partial charge on any atom is -0.314 e. The summed E-state index contributed by atoms with van der Waals surface area (Å²) in [6.45, 7) is 8.57. The number of rotatable bonds is 0. The van der Waals surface area contributed by atoms with Gasteiger partial charge in [-0.3, -0.25) is 0 Å². The van der Waals surface area contributed by atoms with Crippen LogP contribution < -0.4 is 21.3 Å². The first-order valence-corrected chi connectivity index (χ1v) is 4.83. The average molecular weight is 236 g/mol. The van der Waals surface area contributed by atoms with Crippen LogP contribution in [0.25, 0.3) is 0 Å². The zero-order valence-corrected chi connectivity index (χ0v) is 8.90. The van der Waals surface area contributed by atoms with Crippen molar-refractivity contribution in [2.24, 2.45) is 0 Å². The fourth-order valence-corrected chi connectivity index (χ4v) is 1.21. The Hall–Kier alpha value is 0.359. The molecule has 0 bridgehead atoms. The normalized spacial score (nSPS) is 22.2. The molecule has 0 saturated carbocycles. The third kappa shape index (κ3) is 8.68. The van der Waals surface area contributed by atoms with Crippen molar-refractivity contribution in [2.75, 3.05) is 52.4 Å². The summed E-state index contributed by atoms with van der Waals surface area (Å²) in [6.07, 6.45) is 0. The molecular formula is C8H20CuN4+2. The smallest absolute Gasteiger partial charge is 0.314 e. The molecule has 1 radical (unpaired) electrons. The Morgan fingerprint density at radius 3 is 0.692 bits per heavy atom. The topological polar surface area (TPSA) is 48.1 Å². The Kier molecular flexibility index (Phi) is 10.7.